The summed E-state index contributed by atoms with van der Waals surface area (Å²) in [5, 5.41) is 3.28. The van der Waals surface area contributed by atoms with E-state index in [1.807, 2.05) is 0 Å². The first-order valence-electron chi connectivity index (χ1n) is 7.07. The van der Waals surface area contributed by atoms with Crippen LogP contribution in [0.15, 0.2) is 42.5 Å². The first kappa shape index (κ1) is 15.5. The van der Waals surface area contributed by atoms with Gasteiger partial charge >= 0.3 is 0 Å². The maximum atomic E-state index is 13.2. The van der Waals surface area contributed by atoms with Gasteiger partial charge in [-0.05, 0) is 35.9 Å². The number of amides is 2. The maximum Gasteiger partial charge on any atom is 0.244 e. The molecule has 4 nitrogen and oxygen atoms in total. The summed E-state index contributed by atoms with van der Waals surface area (Å²) in [6.07, 6.45) is 0. The van der Waals surface area contributed by atoms with Crippen LogP contribution in [0.4, 0.5) is 10.1 Å². The number of anilines is 1. The van der Waals surface area contributed by atoms with Gasteiger partial charge in [0.2, 0.25) is 11.8 Å². The van der Waals surface area contributed by atoms with Crippen molar-refractivity contribution in [3.05, 3.63) is 64.4 Å². The van der Waals surface area contributed by atoms with E-state index in [2.05, 4.69) is 5.32 Å². The van der Waals surface area contributed by atoms with E-state index in [-0.39, 0.29) is 24.2 Å². The molecule has 1 aliphatic heterocycles. The third kappa shape index (κ3) is 3.05. The summed E-state index contributed by atoms with van der Waals surface area (Å²) < 4.78 is 13.2. The fourth-order valence-corrected chi connectivity index (χ4v) is 2.96. The lowest BCUT2D eigenvalue weighted by molar-refractivity contribution is -0.134. The molecule has 0 radical (unpaired) electrons. The minimum atomic E-state index is -0.513. The molecule has 2 aromatic carbocycles. The van der Waals surface area contributed by atoms with Gasteiger partial charge in [-0.15, -0.1) is 0 Å². The summed E-state index contributed by atoms with van der Waals surface area (Å²) >= 11 is 6.10. The first-order valence-corrected chi connectivity index (χ1v) is 7.45. The quantitative estimate of drug-likeness (QED) is 0.870. The summed E-state index contributed by atoms with van der Waals surface area (Å²) in [5.74, 6) is -0.895. The van der Waals surface area contributed by atoms with Crippen molar-refractivity contribution in [3.8, 4) is 0 Å². The Morgan fingerprint density at radius 2 is 1.96 bits per heavy atom. The second kappa shape index (κ2) is 6.01. The lowest BCUT2D eigenvalue weighted by Crippen LogP contribution is -2.37. The van der Waals surface area contributed by atoms with Crippen LogP contribution in [0.2, 0.25) is 5.02 Å². The monoisotopic (exact) mass is 332 g/mol. The molecule has 0 bridgehead atoms. The summed E-state index contributed by atoms with van der Waals surface area (Å²) in [4.78, 5) is 25.6. The van der Waals surface area contributed by atoms with Crippen molar-refractivity contribution < 1.29 is 14.0 Å². The van der Waals surface area contributed by atoms with E-state index < -0.39 is 6.04 Å². The highest BCUT2D eigenvalue weighted by atomic mass is 35.5. The predicted molar refractivity (Wildman–Crippen MR) is 85.7 cm³/mol. The first-order chi connectivity index (χ1) is 11.0. The molecule has 0 fully saturated rings. The molecule has 1 heterocycles. The van der Waals surface area contributed by atoms with Crippen molar-refractivity contribution in [2.24, 2.45) is 0 Å². The Morgan fingerprint density at radius 1 is 1.26 bits per heavy atom. The van der Waals surface area contributed by atoms with Crippen molar-refractivity contribution in [1.82, 2.24) is 4.90 Å². The standard InChI is InChI=1S/C17H14ClFN2O2/c1-10(22)21-9-16(23)20-15-7-4-12(18)8-14(15)17(21)11-2-5-13(19)6-3-11/h2-8,17H,9H2,1H3,(H,20,23)/t17-/m1/s1. The van der Waals surface area contributed by atoms with Gasteiger partial charge < -0.3 is 10.2 Å². The number of hydrogen-bond donors (Lipinski definition) is 1. The van der Waals surface area contributed by atoms with E-state index in [0.717, 1.165) is 0 Å². The number of carbonyl (C=O) groups excluding carboxylic acids is 2. The lowest BCUT2D eigenvalue weighted by Gasteiger charge is -2.29. The molecular formula is C17H14ClFN2O2. The van der Waals surface area contributed by atoms with E-state index in [1.54, 1.807) is 30.3 Å². The van der Waals surface area contributed by atoms with Gasteiger partial charge in [-0.25, -0.2) is 4.39 Å². The van der Waals surface area contributed by atoms with Gasteiger partial charge in [-0.1, -0.05) is 23.7 Å². The van der Waals surface area contributed by atoms with Crippen LogP contribution in [-0.2, 0) is 9.59 Å². The number of fused-ring (bicyclic) bond motifs is 1. The normalized spacial score (nSPS) is 17.3. The van der Waals surface area contributed by atoms with E-state index in [4.69, 9.17) is 11.6 Å². The Kier molecular flexibility index (Phi) is 4.05. The Hall–Kier alpha value is -2.40. The van der Waals surface area contributed by atoms with Crippen LogP contribution in [0, 0.1) is 5.82 Å². The molecule has 1 N–H and O–H groups in total. The molecule has 0 unspecified atom stereocenters. The molecule has 118 valence electrons. The van der Waals surface area contributed by atoms with Crippen LogP contribution in [0.3, 0.4) is 0 Å². The van der Waals surface area contributed by atoms with Crippen LogP contribution < -0.4 is 5.32 Å². The molecule has 0 aromatic heterocycles. The highest BCUT2D eigenvalue weighted by Gasteiger charge is 2.32. The summed E-state index contributed by atoms with van der Waals surface area (Å²) in [5.41, 5.74) is 2.00. The number of nitrogens with one attached hydrogen (secondary N) is 1. The summed E-state index contributed by atoms with van der Waals surface area (Å²) in [6.45, 7) is 1.32. The van der Waals surface area contributed by atoms with Gasteiger partial charge in [-0.2, -0.15) is 0 Å². The molecule has 1 aliphatic rings. The fourth-order valence-electron chi connectivity index (χ4n) is 2.77. The maximum absolute atomic E-state index is 13.2. The predicted octanol–water partition coefficient (Wildman–Crippen LogP) is 3.37. The Balaban J connectivity index is 2.21. The van der Waals surface area contributed by atoms with Crippen molar-refractivity contribution in [1.29, 1.82) is 0 Å². The zero-order valence-electron chi connectivity index (χ0n) is 12.3. The minimum absolute atomic E-state index is 0.0797. The molecule has 3 rings (SSSR count). The Labute approximate surface area is 137 Å². The highest BCUT2D eigenvalue weighted by Crippen LogP contribution is 2.37. The smallest absolute Gasteiger partial charge is 0.244 e. The molecule has 1 atom stereocenters. The molecule has 0 aliphatic carbocycles. The van der Waals surface area contributed by atoms with Crippen LogP contribution >= 0.6 is 11.6 Å². The molecule has 6 heteroatoms. The van der Waals surface area contributed by atoms with Crippen molar-refractivity contribution in [2.75, 3.05) is 11.9 Å². The second-order valence-corrected chi connectivity index (χ2v) is 5.82. The topological polar surface area (TPSA) is 49.4 Å². The van der Waals surface area contributed by atoms with Crippen molar-refractivity contribution in [3.63, 3.8) is 0 Å². The Bertz CT molecular complexity index is 777. The summed E-state index contributed by atoms with van der Waals surface area (Å²) in [7, 11) is 0. The lowest BCUT2D eigenvalue weighted by atomic mass is 9.96. The number of hydrogen-bond acceptors (Lipinski definition) is 2. The molecular weight excluding hydrogens is 319 g/mol. The third-order valence-electron chi connectivity index (χ3n) is 3.80. The van der Waals surface area contributed by atoms with E-state index in [1.165, 1.54) is 24.0 Å². The van der Waals surface area contributed by atoms with Crippen LogP contribution in [0.1, 0.15) is 24.1 Å². The van der Waals surface area contributed by atoms with Gasteiger partial charge in [0.25, 0.3) is 0 Å². The highest BCUT2D eigenvalue weighted by molar-refractivity contribution is 6.30. The third-order valence-corrected chi connectivity index (χ3v) is 4.03. The van der Waals surface area contributed by atoms with E-state index >= 15 is 0 Å². The van der Waals surface area contributed by atoms with Crippen LogP contribution in [-0.4, -0.2) is 23.3 Å². The minimum Gasteiger partial charge on any atom is -0.324 e. The number of halogens is 2. The van der Waals surface area contributed by atoms with Crippen LogP contribution in [0.25, 0.3) is 0 Å². The van der Waals surface area contributed by atoms with Gasteiger partial charge in [0.15, 0.2) is 0 Å². The number of benzene rings is 2. The van der Waals surface area contributed by atoms with E-state index in [9.17, 15) is 14.0 Å². The second-order valence-electron chi connectivity index (χ2n) is 5.38. The summed E-state index contributed by atoms with van der Waals surface area (Å²) in [6, 6.07) is 10.5. The SMILES string of the molecule is CC(=O)N1CC(=O)Nc2ccc(Cl)cc2[C@H]1c1ccc(F)cc1. The molecule has 2 amide bonds. The number of nitrogens with zero attached hydrogens (tertiary/aromatic N) is 1. The van der Waals surface area contributed by atoms with E-state index in [0.29, 0.717) is 21.8 Å². The average molecular weight is 333 g/mol. The van der Waals surface area contributed by atoms with Gasteiger partial charge in [-0.3, -0.25) is 9.59 Å². The average Bonchev–Trinajstić information content (AvgIpc) is 2.64. The van der Waals surface area contributed by atoms with Gasteiger partial charge in [0, 0.05) is 23.2 Å². The number of rotatable bonds is 1. The largest absolute Gasteiger partial charge is 0.324 e. The molecule has 23 heavy (non-hydrogen) atoms. The number of carbonyl (C=O) groups is 2. The molecule has 2 aromatic rings. The van der Waals surface area contributed by atoms with Crippen molar-refractivity contribution >= 4 is 29.1 Å². The zero-order valence-corrected chi connectivity index (χ0v) is 13.1. The van der Waals surface area contributed by atoms with Gasteiger partial charge in [0.1, 0.15) is 12.4 Å². The van der Waals surface area contributed by atoms with Crippen molar-refractivity contribution in [2.45, 2.75) is 13.0 Å². The zero-order chi connectivity index (χ0) is 16.6. The fraction of sp³-hybridized carbons (Fsp3) is 0.176. The molecule has 0 saturated heterocycles. The Morgan fingerprint density at radius 3 is 2.61 bits per heavy atom. The van der Waals surface area contributed by atoms with Gasteiger partial charge in [0.05, 0.1) is 6.04 Å². The van der Waals surface area contributed by atoms with Crippen LogP contribution in [0.5, 0.6) is 0 Å². The molecule has 0 spiro atoms. The molecule has 0 saturated carbocycles.